The molecule has 4 aromatic rings. The second kappa shape index (κ2) is 12.6. The number of pyridine rings is 1. The molecule has 1 atom stereocenters. The number of anilines is 1. The fourth-order valence-corrected chi connectivity index (χ4v) is 5.25. The number of benzene rings is 3. The van der Waals surface area contributed by atoms with Crippen molar-refractivity contribution in [1.29, 1.82) is 0 Å². The highest BCUT2D eigenvalue weighted by Gasteiger charge is 2.26. The van der Waals surface area contributed by atoms with Gasteiger partial charge < -0.3 is 15.7 Å². The van der Waals surface area contributed by atoms with Crippen LogP contribution in [0.4, 0.5) is 10.1 Å². The van der Waals surface area contributed by atoms with Crippen molar-refractivity contribution >= 4 is 28.3 Å². The lowest BCUT2D eigenvalue weighted by molar-refractivity contribution is -0.119. The van der Waals surface area contributed by atoms with Gasteiger partial charge >= 0.3 is 0 Å². The second-order valence-corrected chi connectivity index (χ2v) is 10.9. The lowest BCUT2D eigenvalue weighted by Gasteiger charge is -2.18. The topological polar surface area (TPSA) is 91.3 Å². The van der Waals surface area contributed by atoms with Crippen LogP contribution in [0.3, 0.4) is 0 Å². The number of aliphatic hydroxyl groups excluding tert-OH is 1. The molecule has 0 radical (unpaired) electrons. The van der Waals surface area contributed by atoms with E-state index in [1.165, 1.54) is 6.07 Å². The van der Waals surface area contributed by atoms with E-state index >= 15 is 4.39 Å². The van der Waals surface area contributed by atoms with E-state index in [-0.39, 0.29) is 36.1 Å². The zero-order chi connectivity index (χ0) is 28.9. The minimum atomic E-state index is -0.388. The van der Waals surface area contributed by atoms with Crippen LogP contribution >= 0.6 is 0 Å². The normalized spacial score (nSPS) is 13.7. The van der Waals surface area contributed by atoms with Gasteiger partial charge in [-0.15, -0.1) is 0 Å². The number of halogens is 1. The van der Waals surface area contributed by atoms with Crippen LogP contribution < -0.4 is 10.6 Å². The van der Waals surface area contributed by atoms with Crippen molar-refractivity contribution in [3.8, 4) is 11.1 Å². The monoisotopic (exact) mass is 553 g/mol. The fraction of sp³-hybridized carbons (Fsp3) is 0.324. The van der Waals surface area contributed by atoms with Crippen molar-refractivity contribution in [1.82, 2.24) is 10.3 Å². The maximum Gasteiger partial charge on any atom is 0.255 e. The molecule has 1 aromatic heterocycles. The molecule has 1 amide bonds. The molecule has 1 heterocycles. The van der Waals surface area contributed by atoms with Gasteiger partial charge in [-0.25, -0.2) is 4.39 Å². The lowest BCUT2D eigenvalue weighted by Crippen LogP contribution is -2.26. The molecule has 1 aliphatic carbocycles. The summed E-state index contributed by atoms with van der Waals surface area (Å²) >= 11 is 0. The molecule has 5 rings (SSSR count). The average molecular weight is 554 g/mol. The van der Waals surface area contributed by atoms with E-state index in [9.17, 15) is 14.7 Å². The summed E-state index contributed by atoms with van der Waals surface area (Å²) in [6.45, 7) is 4.07. The molecule has 0 bridgehead atoms. The Labute approximate surface area is 240 Å². The van der Waals surface area contributed by atoms with Crippen molar-refractivity contribution in [3.05, 3.63) is 94.9 Å². The summed E-state index contributed by atoms with van der Waals surface area (Å²) in [7, 11) is 0. The zero-order valence-corrected chi connectivity index (χ0v) is 23.5. The Morgan fingerprint density at radius 1 is 1.10 bits per heavy atom. The first-order chi connectivity index (χ1) is 19.9. The number of carbonyl (C=O) groups is 2. The van der Waals surface area contributed by atoms with E-state index in [0.717, 1.165) is 24.8 Å². The lowest BCUT2D eigenvalue weighted by atomic mass is 9.90. The van der Waals surface area contributed by atoms with E-state index < -0.39 is 0 Å². The van der Waals surface area contributed by atoms with Crippen LogP contribution in [0.25, 0.3) is 22.0 Å². The quantitative estimate of drug-likeness (QED) is 0.178. The van der Waals surface area contributed by atoms with Crippen molar-refractivity contribution in [2.75, 3.05) is 5.32 Å². The molecule has 212 valence electrons. The minimum absolute atomic E-state index is 0.130. The highest BCUT2D eigenvalue weighted by atomic mass is 19.1. The molecule has 0 aliphatic heterocycles. The fourth-order valence-electron chi connectivity index (χ4n) is 5.25. The third kappa shape index (κ3) is 6.63. The first-order valence-corrected chi connectivity index (χ1v) is 14.3. The van der Waals surface area contributed by atoms with Gasteiger partial charge in [-0.05, 0) is 71.2 Å². The molecular formula is C34H36FN3O3. The minimum Gasteiger partial charge on any atom is -0.392 e. The van der Waals surface area contributed by atoms with E-state index in [4.69, 9.17) is 0 Å². The van der Waals surface area contributed by atoms with Gasteiger partial charge in [-0.2, -0.15) is 0 Å². The highest BCUT2D eigenvalue weighted by molar-refractivity contribution is 6.08. The largest absolute Gasteiger partial charge is 0.392 e. The van der Waals surface area contributed by atoms with Crippen LogP contribution in [-0.2, 0) is 17.9 Å². The van der Waals surface area contributed by atoms with Gasteiger partial charge in [0.1, 0.15) is 11.6 Å². The predicted octanol–water partition coefficient (Wildman–Crippen LogP) is 6.90. The number of aliphatic hydroxyl groups is 1. The molecule has 7 heteroatoms. The molecular weight excluding hydrogens is 517 g/mol. The Balaban J connectivity index is 1.56. The molecule has 1 fully saturated rings. The van der Waals surface area contributed by atoms with E-state index in [1.54, 1.807) is 18.3 Å². The first kappa shape index (κ1) is 28.4. The van der Waals surface area contributed by atoms with Gasteiger partial charge in [-0.1, -0.05) is 56.3 Å². The summed E-state index contributed by atoms with van der Waals surface area (Å²) in [4.78, 5) is 29.9. The van der Waals surface area contributed by atoms with Crippen LogP contribution in [0.5, 0.6) is 0 Å². The van der Waals surface area contributed by atoms with Crippen molar-refractivity contribution < 1.29 is 19.1 Å². The Kier molecular flexibility index (Phi) is 8.74. The maximum absolute atomic E-state index is 15.4. The Morgan fingerprint density at radius 2 is 1.88 bits per heavy atom. The molecule has 3 aromatic carbocycles. The van der Waals surface area contributed by atoms with Gasteiger partial charge in [0, 0.05) is 37.0 Å². The number of nitrogens with zero attached hydrogens (tertiary/aromatic N) is 1. The molecule has 1 saturated carbocycles. The second-order valence-electron chi connectivity index (χ2n) is 10.9. The smallest absolute Gasteiger partial charge is 0.255 e. The summed E-state index contributed by atoms with van der Waals surface area (Å²) in [6.07, 6.45) is 5.09. The number of Topliss-reactive ketones (excluding diaryl/α,β-unsaturated/α-hetero) is 1. The number of ketones is 1. The number of fused-ring (bicyclic) bond motifs is 1. The molecule has 1 unspecified atom stereocenters. The molecule has 41 heavy (non-hydrogen) atoms. The average Bonchev–Trinajstić information content (AvgIpc) is 3.79. The molecule has 6 nitrogen and oxygen atoms in total. The summed E-state index contributed by atoms with van der Waals surface area (Å²) in [6, 6.07) is 18.8. The van der Waals surface area contributed by atoms with Crippen LogP contribution in [0.15, 0.2) is 66.9 Å². The number of hydrogen-bond donors (Lipinski definition) is 3. The van der Waals surface area contributed by atoms with Gasteiger partial charge in [0.05, 0.1) is 23.4 Å². The predicted molar refractivity (Wildman–Crippen MR) is 160 cm³/mol. The van der Waals surface area contributed by atoms with Gasteiger partial charge in [0.2, 0.25) is 0 Å². The SMILES string of the molecule is CCCC(=O)CC(C)c1ccc(-c2cc3c(NCc4ccccc4)c(C(=O)NC4CC4)cnc3cc2CO)cc1F. The molecule has 0 saturated heterocycles. The maximum atomic E-state index is 15.4. The number of rotatable bonds is 12. The number of nitrogens with one attached hydrogen (secondary N) is 2. The first-order valence-electron chi connectivity index (χ1n) is 14.3. The number of aromatic nitrogens is 1. The molecule has 1 aliphatic rings. The van der Waals surface area contributed by atoms with Crippen molar-refractivity contribution in [2.45, 2.75) is 71.1 Å². The molecule has 0 spiro atoms. The summed E-state index contributed by atoms with van der Waals surface area (Å²) < 4.78 is 15.4. The Hall–Kier alpha value is -4.10. The van der Waals surface area contributed by atoms with E-state index in [1.807, 2.05) is 56.3 Å². The zero-order valence-electron chi connectivity index (χ0n) is 23.5. The van der Waals surface area contributed by atoms with Crippen LogP contribution in [-0.4, -0.2) is 27.8 Å². The van der Waals surface area contributed by atoms with Crippen molar-refractivity contribution in [2.24, 2.45) is 0 Å². The Bertz CT molecular complexity index is 1570. The summed E-state index contributed by atoms with van der Waals surface area (Å²) in [5, 5.41) is 17.5. The summed E-state index contributed by atoms with van der Waals surface area (Å²) in [5.74, 6) is -0.679. The number of hydrogen-bond acceptors (Lipinski definition) is 5. The van der Waals surface area contributed by atoms with Crippen LogP contribution in [0.2, 0.25) is 0 Å². The van der Waals surface area contributed by atoms with Crippen LogP contribution in [0.1, 0.15) is 78.9 Å². The molecule has 3 N–H and O–H groups in total. The van der Waals surface area contributed by atoms with E-state index in [0.29, 0.717) is 63.8 Å². The summed E-state index contributed by atoms with van der Waals surface area (Å²) in [5.41, 5.74) is 5.12. The highest BCUT2D eigenvalue weighted by Crippen LogP contribution is 2.36. The van der Waals surface area contributed by atoms with E-state index in [2.05, 4.69) is 15.6 Å². The number of carbonyl (C=O) groups excluding carboxylic acids is 2. The third-order valence-electron chi connectivity index (χ3n) is 7.64. The Morgan fingerprint density at radius 3 is 2.56 bits per heavy atom. The van der Waals surface area contributed by atoms with Crippen molar-refractivity contribution in [3.63, 3.8) is 0 Å². The third-order valence-corrected chi connectivity index (χ3v) is 7.64. The van der Waals surface area contributed by atoms with Gasteiger partial charge in [0.25, 0.3) is 5.91 Å². The number of amides is 1. The van der Waals surface area contributed by atoms with Crippen LogP contribution in [0, 0.1) is 5.82 Å². The standard InChI is InChI=1S/C34H36FN3O3/c1-3-7-26(40)14-21(2)27-13-10-23(15-31(27)35)28-17-29-32(16-24(28)20-39)36-19-30(34(41)38-25-11-12-25)33(29)37-18-22-8-5-4-6-9-22/h4-6,8-10,13,15-17,19,21,25,39H,3,7,11-12,14,18,20H2,1-2H3,(H,36,37)(H,38,41). The van der Waals surface area contributed by atoms with Gasteiger partial charge in [-0.3, -0.25) is 14.6 Å². The van der Waals surface area contributed by atoms with Gasteiger partial charge in [0.15, 0.2) is 0 Å².